The number of aromatic amines is 1. The zero-order valence-electron chi connectivity index (χ0n) is 15.9. The number of nitrogens with one attached hydrogen (secondary N) is 1. The van der Waals surface area contributed by atoms with Crippen LogP contribution in [0.4, 0.5) is 0 Å². The van der Waals surface area contributed by atoms with Gasteiger partial charge in [-0.25, -0.2) is 0 Å². The fourth-order valence-electron chi connectivity index (χ4n) is 4.54. The molecule has 1 N–H and O–H groups in total. The minimum Gasteiger partial charge on any atom is -0.355 e. The molecule has 1 aliphatic carbocycles. The van der Waals surface area contributed by atoms with Crippen LogP contribution in [0.15, 0.2) is 109 Å². The zero-order chi connectivity index (χ0) is 19.2. The van der Waals surface area contributed by atoms with Gasteiger partial charge < -0.3 is 4.98 Å². The molecule has 1 aliphatic rings. The van der Waals surface area contributed by atoms with Crippen molar-refractivity contribution >= 4 is 32.6 Å². The molecule has 1 aromatic heterocycles. The van der Waals surface area contributed by atoms with Gasteiger partial charge in [0.1, 0.15) is 0 Å². The molecule has 0 fully saturated rings. The van der Waals surface area contributed by atoms with Gasteiger partial charge in [0.15, 0.2) is 0 Å². The summed E-state index contributed by atoms with van der Waals surface area (Å²) < 4.78 is 0. The third kappa shape index (κ3) is 2.48. The van der Waals surface area contributed by atoms with Crippen LogP contribution in [0.25, 0.3) is 54.8 Å². The van der Waals surface area contributed by atoms with Crippen molar-refractivity contribution in [2.45, 2.75) is 0 Å². The molecular weight excluding hydrogens is 350 g/mol. The van der Waals surface area contributed by atoms with Crippen LogP contribution in [-0.2, 0) is 0 Å². The number of fused-ring (bicyclic) bond motifs is 6. The average molecular weight is 369 g/mol. The number of para-hydroxylation sites is 2. The Balaban J connectivity index is 0.000000117. The maximum Gasteiger partial charge on any atom is 0.0464 e. The number of benzene rings is 5. The molecule has 1 heteroatoms. The Labute approximate surface area is 169 Å². The fraction of sp³-hybridized carbons (Fsp3) is 0. The highest BCUT2D eigenvalue weighted by molar-refractivity contribution is 6.15. The summed E-state index contributed by atoms with van der Waals surface area (Å²) in [4.78, 5) is 3.38. The summed E-state index contributed by atoms with van der Waals surface area (Å²) in [6, 6.07) is 38.5. The number of rotatable bonds is 0. The van der Waals surface area contributed by atoms with E-state index in [9.17, 15) is 0 Å². The van der Waals surface area contributed by atoms with Crippen LogP contribution in [0.1, 0.15) is 0 Å². The lowest BCUT2D eigenvalue weighted by molar-refractivity contribution is 1.55. The first-order valence-electron chi connectivity index (χ1n) is 9.97. The Hall–Kier alpha value is -3.84. The summed E-state index contributed by atoms with van der Waals surface area (Å²) in [6.07, 6.45) is 0. The lowest BCUT2D eigenvalue weighted by Crippen LogP contribution is -1.73. The molecule has 7 rings (SSSR count). The van der Waals surface area contributed by atoms with Crippen molar-refractivity contribution in [2.75, 3.05) is 0 Å². The molecule has 1 nitrogen and oxygen atoms in total. The van der Waals surface area contributed by atoms with E-state index in [0.29, 0.717) is 0 Å². The topological polar surface area (TPSA) is 15.8 Å². The van der Waals surface area contributed by atoms with Gasteiger partial charge in [-0.05, 0) is 45.2 Å². The first-order chi connectivity index (χ1) is 14.4. The molecule has 0 spiro atoms. The summed E-state index contributed by atoms with van der Waals surface area (Å²) in [5.74, 6) is 0. The van der Waals surface area contributed by atoms with Crippen LogP contribution in [-0.4, -0.2) is 4.98 Å². The van der Waals surface area contributed by atoms with Crippen molar-refractivity contribution in [3.63, 3.8) is 0 Å². The van der Waals surface area contributed by atoms with Crippen LogP contribution in [0.5, 0.6) is 0 Å². The van der Waals surface area contributed by atoms with Gasteiger partial charge in [0.25, 0.3) is 0 Å². The Bertz CT molecular complexity index is 1400. The van der Waals surface area contributed by atoms with Crippen molar-refractivity contribution in [2.24, 2.45) is 0 Å². The van der Waals surface area contributed by atoms with Crippen molar-refractivity contribution in [1.82, 2.24) is 4.98 Å². The third-order valence-electron chi connectivity index (χ3n) is 5.83. The average Bonchev–Trinajstić information content (AvgIpc) is 3.33. The molecule has 0 amide bonds. The first-order valence-corrected chi connectivity index (χ1v) is 9.97. The monoisotopic (exact) mass is 369 g/mol. The summed E-state index contributed by atoms with van der Waals surface area (Å²) in [5, 5.41) is 5.36. The molecule has 0 bridgehead atoms. The molecule has 0 atom stereocenters. The molecule has 0 saturated heterocycles. The Morgan fingerprint density at radius 3 is 1.38 bits per heavy atom. The molecule has 0 aliphatic heterocycles. The van der Waals surface area contributed by atoms with E-state index in [1.54, 1.807) is 0 Å². The molecule has 0 saturated carbocycles. The summed E-state index contributed by atoms with van der Waals surface area (Å²) in [5.41, 5.74) is 7.92. The van der Waals surface area contributed by atoms with Gasteiger partial charge >= 0.3 is 0 Å². The van der Waals surface area contributed by atoms with E-state index in [1.807, 2.05) is 0 Å². The van der Waals surface area contributed by atoms with Crippen molar-refractivity contribution in [3.8, 4) is 22.3 Å². The molecule has 5 aromatic carbocycles. The highest BCUT2D eigenvalue weighted by atomic mass is 14.7. The van der Waals surface area contributed by atoms with Gasteiger partial charge in [-0.15, -0.1) is 0 Å². The van der Waals surface area contributed by atoms with E-state index < -0.39 is 0 Å². The van der Waals surface area contributed by atoms with Gasteiger partial charge in [0.2, 0.25) is 0 Å². The molecule has 1 heterocycles. The second kappa shape index (κ2) is 6.35. The Morgan fingerprint density at radius 2 is 0.828 bits per heavy atom. The van der Waals surface area contributed by atoms with Crippen LogP contribution >= 0.6 is 0 Å². The second-order valence-electron chi connectivity index (χ2n) is 7.47. The lowest BCUT2D eigenvalue weighted by atomic mass is 10.0. The maximum atomic E-state index is 3.38. The van der Waals surface area contributed by atoms with E-state index in [-0.39, 0.29) is 0 Å². The maximum absolute atomic E-state index is 3.38. The Kier molecular flexibility index (Phi) is 3.54. The van der Waals surface area contributed by atoms with E-state index >= 15 is 0 Å². The standard InChI is InChI=1S/C16H10.C12H9N/c1-2-8-13-12(7-1)14-9-3-5-11-6-4-10-15(13)16(11)14;1-3-7-11-9(5-1)10-6-2-4-8-12(10)13-11/h1-10H;1-8,13H. The van der Waals surface area contributed by atoms with E-state index in [4.69, 9.17) is 0 Å². The van der Waals surface area contributed by atoms with E-state index in [0.717, 1.165) is 0 Å². The van der Waals surface area contributed by atoms with E-state index in [2.05, 4.69) is 114 Å². The van der Waals surface area contributed by atoms with Gasteiger partial charge in [0.05, 0.1) is 0 Å². The van der Waals surface area contributed by atoms with Gasteiger partial charge in [-0.3, -0.25) is 0 Å². The SMILES string of the molecule is c1ccc2c(c1)-c1cccc3cccc-2c13.c1ccc2c(c1)[nH]c1ccccc12. The molecule has 6 aromatic rings. The summed E-state index contributed by atoms with van der Waals surface area (Å²) >= 11 is 0. The predicted octanol–water partition coefficient (Wildman–Crippen LogP) is 7.81. The quantitative estimate of drug-likeness (QED) is 0.280. The largest absolute Gasteiger partial charge is 0.355 e. The van der Waals surface area contributed by atoms with Gasteiger partial charge in [-0.2, -0.15) is 0 Å². The van der Waals surface area contributed by atoms with Gasteiger partial charge in [0, 0.05) is 21.8 Å². The van der Waals surface area contributed by atoms with Crippen LogP contribution in [0, 0.1) is 0 Å². The van der Waals surface area contributed by atoms with Crippen LogP contribution < -0.4 is 0 Å². The number of aromatic nitrogens is 1. The highest BCUT2D eigenvalue weighted by Gasteiger charge is 2.19. The number of H-pyrrole nitrogens is 1. The second-order valence-corrected chi connectivity index (χ2v) is 7.47. The molecule has 136 valence electrons. The van der Waals surface area contributed by atoms with Crippen molar-refractivity contribution < 1.29 is 0 Å². The first kappa shape index (κ1) is 16.1. The van der Waals surface area contributed by atoms with Gasteiger partial charge in [-0.1, -0.05) is 97.1 Å². The van der Waals surface area contributed by atoms with Crippen molar-refractivity contribution in [1.29, 1.82) is 0 Å². The molecular formula is C28H19N. The Morgan fingerprint density at radius 1 is 0.379 bits per heavy atom. The number of hydrogen-bond donors (Lipinski definition) is 1. The smallest absolute Gasteiger partial charge is 0.0464 e. The predicted molar refractivity (Wildman–Crippen MR) is 124 cm³/mol. The molecule has 0 unspecified atom stereocenters. The van der Waals surface area contributed by atoms with Crippen molar-refractivity contribution in [3.05, 3.63) is 109 Å². The fourth-order valence-corrected chi connectivity index (χ4v) is 4.54. The normalized spacial score (nSPS) is 11.4. The minimum atomic E-state index is 1.21. The molecule has 0 radical (unpaired) electrons. The number of hydrogen-bond acceptors (Lipinski definition) is 0. The minimum absolute atomic E-state index is 1.21. The molecule has 29 heavy (non-hydrogen) atoms. The van der Waals surface area contributed by atoms with Crippen LogP contribution in [0.2, 0.25) is 0 Å². The third-order valence-corrected chi connectivity index (χ3v) is 5.83. The zero-order valence-corrected chi connectivity index (χ0v) is 15.9. The summed E-state index contributed by atoms with van der Waals surface area (Å²) in [6.45, 7) is 0. The summed E-state index contributed by atoms with van der Waals surface area (Å²) in [7, 11) is 0. The highest BCUT2D eigenvalue weighted by Crippen LogP contribution is 2.46. The van der Waals surface area contributed by atoms with Crippen LogP contribution in [0.3, 0.4) is 0 Å². The lowest BCUT2D eigenvalue weighted by Gasteiger charge is -2.00. The van der Waals surface area contributed by atoms with E-state index in [1.165, 1.54) is 54.8 Å².